The van der Waals surface area contributed by atoms with Gasteiger partial charge < -0.3 is 4.74 Å². The Kier molecular flexibility index (Phi) is 4.12. The van der Waals surface area contributed by atoms with Gasteiger partial charge in [0.15, 0.2) is 0 Å². The SMILES string of the molecule is Cc1ccc(CC(=O)N2C(=O)OC[C@@H]2C(C)C)cc1C. The molecule has 4 nitrogen and oxygen atoms in total. The smallest absolute Gasteiger partial charge is 0.416 e. The monoisotopic (exact) mass is 275 g/mol. The van der Waals surface area contributed by atoms with Crippen LogP contribution >= 0.6 is 0 Å². The van der Waals surface area contributed by atoms with Crippen molar-refractivity contribution in [2.45, 2.75) is 40.2 Å². The number of cyclic esters (lactones) is 1. The van der Waals surface area contributed by atoms with E-state index in [-0.39, 0.29) is 24.3 Å². The van der Waals surface area contributed by atoms with E-state index in [2.05, 4.69) is 0 Å². The highest BCUT2D eigenvalue weighted by Crippen LogP contribution is 2.21. The fourth-order valence-electron chi connectivity index (χ4n) is 2.39. The lowest BCUT2D eigenvalue weighted by Crippen LogP contribution is -2.42. The molecule has 1 aromatic rings. The van der Waals surface area contributed by atoms with E-state index in [1.807, 2.05) is 45.9 Å². The summed E-state index contributed by atoms with van der Waals surface area (Å²) in [7, 11) is 0. The van der Waals surface area contributed by atoms with Crippen molar-refractivity contribution in [3.05, 3.63) is 34.9 Å². The Bertz CT molecular complexity index is 537. The van der Waals surface area contributed by atoms with Crippen LogP contribution in [0.5, 0.6) is 0 Å². The van der Waals surface area contributed by atoms with Gasteiger partial charge in [-0.2, -0.15) is 0 Å². The first-order chi connectivity index (χ1) is 9.40. The van der Waals surface area contributed by atoms with E-state index in [1.165, 1.54) is 10.5 Å². The van der Waals surface area contributed by atoms with Crippen molar-refractivity contribution < 1.29 is 14.3 Å². The highest BCUT2D eigenvalue weighted by atomic mass is 16.6. The van der Waals surface area contributed by atoms with Gasteiger partial charge in [0.05, 0.1) is 12.5 Å². The van der Waals surface area contributed by atoms with Gasteiger partial charge in [-0.1, -0.05) is 32.0 Å². The third kappa shape index (κ3) is 2.84. The number of rotatable bonds is 3. The number of ether oxygens (including phenoxy) is 1. The van der Waals surface area contributed by atoms with Crippen LogP contribution in [-0.4, -0.2) is 29.5 Å². The summed E-state index contributed by atoms with van der Waals surface area (Å²) in [6.45, 7) is 8.33. The molecule has 0 saturated carbocycles. The number of nitrogens with zero attached hydrogens (tertiary/aromatic N) is 1. The van der Waals surface area contributed by atoms with Gasteiger partial charge in [-0.25, -0.2) is 9.69 Å². The largest absolute Gasteiger partial charge is 0.447 e. The van der Waals surface area contributed by atoms with Crippen molar-refractivity contribution in [3.8, 4) is 0 Å². The van der Waals surface area contributed by atoms with Gasteiger partial charge in [-0.3, -0.25) is 4.79 Å². The Labute approximate surface area is 119 Å². The molecule has 0 unspecified atom stereocenters. The van der Waals surface area contributed by atoms with Gasteiger partial charge in [-0.05, 0) is 36.5 Å². The van der Waals surface area contributed by atoms with Crippen molar-refractivity contribution in [2.75, 3.05) is 6.61 Å². The van der Waals surface area contributed by atoms with Gasteiger partial charge in [-0.15, -0.1) is 0 Å². The molecule has 1 aliphatic rings. The highest BCUT2D eigenvalue weighted by molar-refractivity contribution is 5.94. The number of amides is 2. The van der Waals surface area contributed by atoms with E-state index >= 15 is 0 Å². The summed E-state index contributed by atoms with van der Waals surface area (Å²) in [6.07, 6.45) is -0.281. The lowest BCUT2D eigenvalue weighted by atomic mass is 10.0. The first-order valence-corrected chi connectivity index (χ1v) is 6.95. The summed E-state index contributed by atoms with van der Waals surface area (Å²) in [5, 5.41) is 0. The summed E-state index contributed by atoms with van der Waals surface area (Å²) in [6, 6.07) is 5.78. The molecule has 0 aromatic heterocycles. The van der Waals surface area contributed by atoms with Crippen LogP contribution in [0.25, 0.3) is 0 Å². The molecule has 0 radical (unpaired) electrons. The highest BCUT2D eigenvalue weighted by Gasteiger charge is 2.39. The van der Waals surface area contributed by atoms with Crippen molar-refractivity contribution in [2.24, 2.45) is 5.92 Å². The molecular formula is C16H21NO3. The number of carbonyl (C=O) groups excluding carboxylic acids is 2. The Balaban J connectivity index is 2.14. The Hall–Kier alpha value is -1.84. The van der Waals surface area contributed by atoms with Gasteiger partial charge in [0.1, 0.15) is 6.61 Å². The fraction of sp³-hybridized carbons (Fsp3) is 0.500. The standard InChI is InChI=1S/C16H21NO3/c1-10(2)14-9-20-16(19)17(14)15(18)8-13-6-5-11(3)12(4)7-13/h5-7,10,14H,8-9H2,1-4H3/t14-/m1/s1. The average Bonchev–Trinajstić information content (AvgIpc) is 2.76. The second-order valence-electron chi connectivity index (χ2n) is 5.75. The molecule has 2 amide bonds. The number of hydrogen-bond donors (Lipinski definition) is 0. The minimum absolute atomic E-state index is 0.151. The van der Waals surface area contributed by atoms with Gasteiger partial charge in [0.2, 0.25) is 5.91 Å². The molecule has 1 atom stereocenters. The van der Waals surface area contributed by atoms with Crippen LogP contribution in [0, 0.1) is 19.8 Å². The summed E-state index contributed by atoms with van der Waals surface area (Å²) in [5.74, 6) is 0.0135. The lowest BCUT2D eigenvalue weighted by Gasteiger charge is -2.22. The van der Waals surface area contributed by atoms with E-state index in [1.54, 1.807) is 0 Å². The Morgan fingerprint density at radius 2 is 2.05 bits per heavy atom. The molecule has 4 heteroatoms. The Morgan fingerprint density at radius 3 is 2.65 bits per heavy atom. The van der Waals surface area contributed by atoms with E-state index in [4.69, 9.17) is 4.74 Å². The molecule has 1 heterocycles. The fourth-order valence-corrected chi connectivity index (χ4v) is 2.39. The second-order valence-corrected chi connectivity index (χ2v) is 5.75. The van der Waals surface area contributed by atoms with E-state index in [0.717, 1.165) is 11.1 Å². The third-order valence-electron chi connectivity index (χ3n) is 3.87. The average molecular weight is 275 g/mol. The summed E-state index contributed by atoms with van der Waals surface area (Å²) < 4.78 is 5.01. The van der Waals surface area contributed by atoms with Crippen LogP contribution < -0.4 is 0 Å². The third-order valence-corrected chi connectivity index (χ3v) is 3.87. The molecule has 1 aliphatic heterocycles. The summed E-state index contributed by atoms with van der Waals surface area (Å²) >= 11 is 0. The molecule has 1 saturated heterocycles. The molecule has 0 N–H and O–H groups in total. The zero-order valence-corrected chi connectivity index (χ0v) is 12.5. The van der Waals surface area contributed by atoms with Crippen molar-refractivity contribution in [1.29, 1.82) is 0 Å². The minimum atomic E-state index is -0.516. The zero-order chi connectivity index (χ0) is 14.9. The molecule has 0 bridgehead atoms. The maximum absolute atomic E-state index is 12.4. The zero-order valence-electron chi connectivity index (χ0n) is 12.5. The number of aryl methyl sites for hydroxylation is 2. The number of carbonyl (C=O) groups is 2. The summed E-state index contributed by atoms with van der Waals surface area (Å²) in [4.78, 5) is 25.4. The van der Waals surface area contributed by atoms with Crippen molar-refractivity contribution in [1.82, 2.24) is 4.90 Å². The molecular weight excluding hydrogens is 254 g/mol. The number of benzene rings is 1. The number of imide groups is 1. The predicted octanol–water partition coefficient (Wildman–Crippen LogP) is 2.85. The topological polar surface area (TPSA) is 46.6 Å². The van der Waals surface area contributed by atoms with Gasteiger partial charge in [0.25, 0.3) is 0 Å². The molecule has 0 spiro atoms. The van der Waals surface area contributed by atoms with Crippen molar-refractivity contribution in [3.63, 3.8) is 0 Å². The van der Waals surface area contributed by atoms with Crippen LogP contribution in [0.3, 0.4) is 0 Å². The first-order valence-electron chi connectivity index (χ1n) is 6.95. The maximum atomic E-state index is 12.4. The quantitative estimate of drug-likeness (QED) is 0.852. The number of hydrogen-bond acceptors (Lipinski definition) is 3. The predicted molar refractivity (Wildman–Crippen MR) is 76.4 cm³/mol. The van der Waals surface area contributed by atoms with E-state index in [0.29, 0.717) is 6.61 Å². The van der Waals surface area contributed by atoms with Crippen LogP contribution in [0.4, 0.5) is 4.79 Å². The second kappa shape index (κ2) is 5.65. The van der Waals surface area contributed by atoms with Crippen LogP contribution in [0.15, 0.2) is 18.2 Å². The molecule has 20 heavy (non-hydrogen) atoms. The maximum Gasteiger partial charge on any atom is 0.416 e. The first kappa shape index (κ1) is 14.6. The van der Waals surface area contributed by atoms with E-state index < -0.39 is 6.09 Å². The molecule has 1 aromatic carbocycles. The normalized spacial score (nSPS) is 18.6. The summed E-state index contributed by atoms with van der Waals surface area (Å²) in [5.41, 5.74) is 3.28. The molecule has 0 aliphatic carbocycles. The minimum Gasteiger partial charge on any atom is -0.447 e. The Morgan fingerprint density at radius 1 is 1.35 bits per heavy atom. The van der Waals surface area contributed by atoms with Gasteiger partial charge in [0, 0.05) is 0 Å². The van der Waals surface area contributed by atoms with Crippen LogP contribution in [0.2, 0.25) is 0 Å². The van der Waals surface area contributed by atoms with Crippen LogP contribution in [0.1, 0.15) is 30.5 Å². The molecule has 1 fully saturated rings. The van der Waals surface area contributed by atoms with Crippen LogP contribution in [-0.2, 0) is 16.0 Å². The van der Waals surface area contributed by atoms with Gasteiger partial charge >= 0.3 is 6.09 Å². The molecule has 108 valence electrons. The van der Waals surface area contributed by atoms with Crippen molar-refractivity contribution >= 4 is 12.0 Å². The van der Waals surface area contributed by atoms with E-state index in [9.17, 15) is 9.59 Å². The molecule has 2 rings (SSSR count). The lowest BCUT2D eigenvalue weighted by molar-refractivity contribution is -0.129.